The maximum absolute atomic E-state index is 12.1. The largest absolute Gasteiger partial charge is 0.505 e. The molecule has 12 nitrogen and oxygen atoms in total. The molecule has 1 aliphatic rings. The van der Waals surface area contributed by atoms with Crippen LogP contribution in [0.1, 0.15) is 36.2 Å². The number of nitrogens with one attached hydrogen (secondary N) is 2. The van der Waals surface area contributed by atoms with Crippen LogP contribution in [0.4, 0.5) is 0 Å². The summed E-state index contributed by atoms with van der Waals surface area (Å²) >= 11 is 0. The predicted molar refractivity (Wildman–Crippen MR) is 130 cm³/mol. The van der Waals surface area contributed by atoms with Crippen LogP contribution < -0.4 is 10.8 Å². The number of esters is 2. The minimum Gasteiger partial charge on any atom is -0.505 e. The highest BCUT2D eigenvalue weighted by molar-refractivity contribution is 5.94. The molecule has 0 saturated carbocycles. The van der Waals surface area contributed by atoms with E-state index >= 15 is 0 Å². The fourth-order valence-electron chi connectivity index (χ4n) is 3.75. The van der Waals surface area contributed by atoms with Gasteiger partial charge >= 0.3 is 11.9 Å². The van der Waals surface area contributed by atoms with E-state index in [-0.39, 0.29) is 12.3 Å². The number of nitrogens with zero attached hydrogens (tertiary/aromatic N) is 2. The van der Waals surface area contributed by atoms with E-state index in [0.29, 0.717) is 28.9 Å². The minimum atomic E-state index is -2.38. The van der Waals surface area contributed by atoms with Crippen LogP contribution in [0.2, 0.25) is 0 Å². The summed E-state index contributed by atoms with van der Waals surface area (Å²) < 4.78 is 11.6. The second kappa shape index (κ2) is 10.7. The number of benzene rings is 2. The number of carbonyl (C=O) groups is 3. The van der Waals surface area contributed by atoms with E-state index in [9.17, 15) is 24.6 Å². The summed E-state index contributed by atoms with van der Waals surface area (Å²) in [6, 6.07) is 11.9. The number of imidazole rings is 1. The molecule has 37 heavy (non-hydrogen) atoms. The lowest BCUT2D eigenvalue weighted by Gasteiger charge is -2.19. The number of hydrogen-bond donors (Lipinski definition) is 4. The number of rotatable bonds is 9. The molecule has 0 fully saturated rings. The molecule has 0 saturated heterocycles. The molecule has 12 heteroatoms. The maximum Gasteiger partial charge on any atom is 0.338 e. The van der Waals surface area contributed by atoms with Gasteiger partial charge in [0.2, 0.25) is 0 Å². The van der Waals surface area contributed by atoms with Crippen LogP contribution in [0, 0.1) is 0 Å². The monoisotopic (exact) mass is 510 g/mol. The lowest BCUT2D eigenvalue weighted by Crippen LogP contribution is -2.37. The van der Waals surface area contributed by atoms with E-state index in [1.165, 1.54) is 0 Å². The van der Waals surface area contributed by atoms with Crippen LogP contribution in [0.3, 0.4) is 0 Å². The molecule has 2 aromatic carbocycles. The lowest BCUT2D eigenvalue weighted by atomic mass is 10.1. The van der Waals surface area contributed by atoms with Gasteiger partial charge in [0, 0.05) is 17.8 Å². The van der Waals surface area contributed by atoms with Gasteiger partial charge < -0.3 is 25.0 Å². The molecule has 1 aliphatic heterocycles. The third-order valence-corrected chi connectivity index (χ3v) is 5.52. The van der Waals surface area contributed by atoms with Crippen molar-refractivity contribution in [3.63, 3.8) is 0 Å². The van der Waals surface area contributed by atoms with Gasteiger partial charge in [-0.1, -0.05) is 12.1 Å². The minimum absolute atomic E-state index is 0.0508. The number of aliphatic hydroxyl groups excluding tert-OH is 1. The summed E-state index contributed by atoms with van der Waals surface area (Å²) in [4.78, 5) is 45.1. The summed E-state index contributed by atoms with van der Waals surface area (Å²) in [6.45, 7) is 3.58. The molecule has 0 radical (unpaired) electrons. The normalized spacial score (nSPS) is 16.9. The molecule has 0 spiro atoms. The summed E-state index contributed by atoms with van der Waals surface area (Å²) in [5.41, 5.74) is 5.33. The number of aliphatic hydroxyl groups is 2. The van der Waals surface area contributed by atoms with Crippen molar-refractivity contribution in [2.75, 3.05) is 19.8 Å². The zero-order valence-corrected chi connectivity index (χ0v) is 20.2. The Bertz CT molecular complexity index is 1380. The van der Waals surface area contributed by atoms with E-state index in [2.05, 4.69) is 15.8 Å². The van der Waals surface area contributed by atoms with Gasteiger partial charge in [-0.15, -0.1) is 0 Å². The molecule has 4 N–H and O–H groups in total. The van der Waals surface area contributed by atoms with Gasteiger partial charge in [0.25, 0.3) is 11.7 Å². The Kier molecular flexibility index (Phi) is 7.41. The fourth-order valence-corrected chi connectivity index (χ4v) is 3.75. The molecule has 0 bridgehead atoms. The Balaban J connectivity index is 1.55. The molecular formula is C25H26N4O8. The zero-order chi connectivity index (χ0) is 26.6. The predicted octanol–water partition coefficient (Wildman–Crippen LogP) is 1.72. The molecular weight excluding hydrogens is 484 g/mol. The topological polar surface area (TPSA) is 161 Å². The van der Waals surface area contributed by atoms with Gasteiger partial charge in [0.05, 0.1) is 23.2 Å². The standard InChI is InChI=1S/C25H26N4O8/c1-3-26-20(30)13-36-21(31)12-25(34)23(32)22(28-37-25)15-6-5-7-17(10-15)29-14-27-18-11-16(8-9-19(18)29)24(33)35-4-2/h5-11,14,28,32,34H,3-4,12-13H2,1-2H3,(H,26,30). The van der Waals surface area contributed by atoms with Gasteiger partial charge in [-0.25, -0.2) is 14.6 Å². The number of aromatic nitrogens is 2. The van der Waals surface area contributed by atoms with E-state index in [1.54, 1.807) is 61.1 Å². The average Bonchev–Trinajstić information content (AvgIpc) is 3.43. The molecule has 1 atom stereocenters. The van der Waals surface area contributed by atoms with Gasteiger partial charge in [-0.3, -0.25) is 19.6 Å². The van der Waals surface area contributed by atoms with Crippen molar-refractivity contribution in [3.05, 3.63) is 65.7 Å². The van der Waals surface area contributed by atoms with Crippen LogP contribution in [0.15, 0.2) is 54.6 Å². The number of ether oxygens (including phenoxy) is 2. The molecule has 2 heterocycles. The summed E-state index contributed by atoms with van der Waals surface area (Å²) in [6.07, 6.45) is 0.843. The highest BCUT2D eigenvalue weighted by atomic mass is 16.8. The fraction of sp³-hybridized carbons (Fsp3) is 0.280. The van der Waals surface area contributed by atoms with Crippen molar-refractivity contribution in [1.82, 2.24) is 20.3 Å². The van der Waals surface area contributed by atoms with Crippen LogP contribution in [-0.2, 0) is 23.9 Å². The van der Waals surface area contributed by atoms with E-state index < -0.39 is 42.4 Å². The number of fused-ring (bicyclic) bond motifs is 1. The van der Waals surface area contributed by atoms with E-state index in [1.807, 2.05) is 6.07 Å². The number of hydrogen-bond acceptors (Lipinski definition) is 10. The zero-order valence-electron chi connectivity index (χ0n) is 20.2. The Morgan fingerprint density at radius 3 is 2.73 bits per heavy atom. The van der Waals surface area contributed by atoms with Crippen molar-refractivity contribution < 1.29 is 38.9 Å². The van der Waals surface area contributed by atoms with Crippen molar-refractivity contribution in [1.29, 1.82) is 0 Å². The number of carbonyl (C=O) groups excluding carboxylic acids is 3. The lowest BCUT2D eigenvalue weighted by molar-refractivity contribution is -0.212. The summed E-state index contributed by atoms with van der Waals surface area (Å²) in [5.74, 6) is -4.86. The van der Waals surface area contributed by atoms with Gasteiger partial charge in [0.1, 0.15) is 18.4 Å². The molecule has 1 aromatic heterocycles. The third kappa shape index (κ3) is 5.39. The Labute approximate surface area is 211 Å². The van der Waals surface area contributed by atoms with Crippen molar-refractivity contribution >= 4 is 34.6 Å². The first-order valence-electron chi connectivity index (χ1n) is 11.5. The first-order valence-corrected chi connectivity index (χ1v) is 11.5. The van der Waals surface area contributed by atoms with Crippen LogP contribution >= 0.6 is 0 Å². The van der Waals surface area contributed by atoms with Crippen molar-refractivity contribution in [2.24, 2.45) is 0 Å². The molecule has 0 aliphatic carbocycles. The molecule has 4 rings (SSSR count). The Morgan fingerprint density at radius 1 is 1.16 bits per heavy atom. The van der Waals surface area contributed by atoms with Crippen LogP contribution in [0.25, 0.3) is 22.4 Å². The first kappa shape index (κ1) is 25.7. The number of likely N-dealkylation sites (N-methyl/N-ethyl adjacent to an activating group) is 1. The Morgan fingerprint density at radius 2 is 1.97 bits per heavy atom. The van der Waals surface area contributed by atoms with Crippen LogP contribution in [-0.4, -0.2) is 63.2 Å². The second-order valence-electron chi connectivity index (χ2n) is 8.09. The maximum atomic E-state index is 12.1. The summed E-state index contributed by atoms with van der Waals surface area (Å²) in [5, 5.41) is 23.8. The van der Waals surface area contributed by atoms with Gasteiger partial charge in [-0.05, 0) is 44.2 Å². The van der Waals surface area contributed by atoms with Gasteiger partial charge in [-0.2, -0.15) is 0 Å². The van der Waals surface area contributed by atoms with E-state index in [4.69, 9.17) is 14.3 Å². The average molecular weight is 511 g/mol. The van der Waals surface area contributed by atoms with Crippen molar-refractivity contribution in [2.45, 2.75) is 26.1 Å². The van der Waals surface area contributed by atoms with Gasteiger partial charge in [0.15, 0.2) is 12.4 Å². The SMILES string of the molecule is CCNC(=O)COC(=O)CC1(O)ONC(c2cccc(-n3cnc4cc(C(=O)OCC)ccc43)c2)=C1O. The van der Waals surface area contributed by atoms with Crippen LogP contribution in [0.5, 0.6) is 0 Å². The second-order valence-corrected chi connectivity index (χ2v) is 8.09. The quantitative estimate of drug-likeness (QED) is 0.312. The summed E-state index contributed by atoms with van der Waals surface area (Å²) in [7, 11) is 0. The molecule has 1 amide bonds. The molecule has 1 unspecified atom stereocenters. The number of hydroxylamine groups is 1. The highest BCUT2D eigenvalue weighted by Gasteiger charge is 2.45. The van der Waals surface area contributed by atoms with Crippen molar-refractivity contribution in [3.8, 4) is 5.69 Å². The number of amides is 1. The molecule has 194 valence electrons. The molecule has 3 aromatic rings. The Hall–Kier alpha value is -4.42. The first-order chi connectivity index (χ1) is 17.8. The highest BCUT2D eigenvalue weighted by Crippen LogP contribution is 2.34. The smallest absolute Gasteiger partial charge is 0.338 e. The third-order valence-electron chi connectivity index (χ3n) is 5.52. The van der Waals surface area contributed by atoms with E-state index in [0.717, 1.165) is 5.52 Å².